The molecule has 27 heavy (non-hydrogen) atoms. The van der Waals surface area contributed by atoms with Crippen LogP contribution in [0.3, 0.4) is 0 Å². The van der Waals surface area contributed by atoms with Gasteiger partial charge in [0.2, 0.25) is 0 Å². The Morgan fingerprint density at radius 3 is 2.26 bits per heavy atom. The number of furan rings is 1. The summed E-state index contributed by atoms with van der Waals surface area (Å²) in [7, 11) is 0. The molecule has 0 atom stereocenters. The van der Waals surface area contributed by atoms with Gasteiger partial charge in [-0.3, -0.25) is 9.59 Å². The van der Waals surface area contributed by atoms with Crippen molar-refractivity contribution in [1.82, 2.24) is 9.80 Å². The first-order valence-electron chi connectivity index (χ1n) is 8.86. The molecule has 0 aliphatic carbocycles. The number of nitrogens with zero attached hydrogens (tertiary/aromatic N) is 2. The summed E-state index contributed by atoms with van der Waals surface area (Å²) in [5, 5.41) is 0.885. The van der Waals surface area contributed by atoms with Gasteiger partial charge in [-0.15, -0.1) is 0 Å². The summed E-state index contributed by atoms with van der Waals surface area (Å²) in [6.07, 6.45) is 0. The van der Waals surface area contributed by atoms with E-state index >= 15 is 0 Å². The first kappa shape index (κ1) is 17.3. The van der Waals surface area contributed by atoms with Gasteiger partial charge < -0.3 is 14.2 Å². The van der Waals surface area contributed by atoms with Crippen molar-refractivity contribution in [2.24, 2.45) is 0 Å². The monoisotopic (exact) mass is 366 g/mol. The van der Waals surface area contributed by atoms with Crippen LogP contribution in [-0.4, -0.2) is 47.8 Å². The van der Waals surface area contributed by atoms with Crippen molar-refractivity contribution in [1.29, 1.82) is 0 Å². The molecule has 6 heteroatoms. The van der Waals surface area contributed by atoms with Gasteiger partial charge in [0.05, 0.1) is 0 Å². The molecule has 5 nitrogen and oxygen atoms in total. The van der Waals surface area contributed by atoms with Crippen LogP contribution in [0.25, 0.3) is 11.0 Å². The number of carbonyl (C=O) groups is 2. The fraction of sp³-hybridized carbons (Fsp3) is 0.238. The zero-order valence-electron chi connectivity index (χ0n) is 14.9. The number of hydrogen-bond acceptors (Lipinski definition) is 3. The predicted octanol–water partition coefficient (Wildman–Crippen LogP) is 3.48. The number of aryl methyl sites for hydroxylation is 1. The van der Waals surface area contributed by atoms with Gasteiger partial charge in [0.25, 0.3) is 11.8 Å². The fourth-order valence-electron chi connectivity index (χ4n) is 3.26. The van der Waals surface area contributed by atoms with Crippen LogP contribution in [0.1, 0.15) is 26.5 Å². The van der Waals surface area contributed by atoms with Gasteiger partial charge in [0.1, 0.15) is 11.4 Å². The van der Waals surface area contributed by atoms with Crippen molar-refractivity contribution in [2.75, 3.05) is 26.2 Å². The average Bonchev–Trinajstić information content (AvgIpc) is 3.13. The Morgan fingerprint density at radius 2 is 1.59 bits per heavy atom. The van der Waals surface area contributed by atoms with Gasteiger partial charge >= 0.3 is 0 Å². The fourth-order valence-corrected chi connectivity index (χ4v) is 3.26. The highest BCUT2D eigenvalue weighted by molar-refractivity contribution is 5.97. The predicted molar refractivity (Wildman–Crippen MR) is 99.2 cm³/mol. The van der Waals surface area contributed by atoms with Crippen LogP contribution < -0.4 is 0 Å². The highest BCUT2D eigenvalue weighted by atomic mass is 19.1. The molecule has 0 bridgehead atoms. The van der Waals surface area contributed by atoms with E-state index in [0.29, 0.717) is 48.6 Å². The number of piperazine rings is 1. The largest absolute Gasteiger partial charge is 0.451 e. The molecule has 0 unspecified atom stereocenters. The lowest BCUT2D eigenvalue weighted by Gasteiger charge is -2.34. The van der Waals surface area contributed by atoms with Crippen LogP contribution >= 0.6 is 0 Å². The Morgan fingerprint density at radius 1 is 0.926 bits per heavy atom. The second kappa shape index (κ2) is 6.87. The SMILES string of the molecule is Cc1ccc(C(=O)N2CCN(C(=O)c3cc4ccccc4o3)CC2)cc1F. The minimum atomic E-state index is -0.389. The van der Waals surface area contributed by atoms with Gasteiger partial charge in [-0.1, -0.05) is 24.3 Å². The molecular weight excluding hydrogens is 347 g/mol. The molecule has 0 saturated carbocycles. The summed E-state index contributed by atoms with van der Waals surface area (Å²) >= 11 is 0. The number of amides is 2. The molecule has 2 amide bonds. The second-order valence-corrected chi connectivity index (χ2v) is 6.70. The molecule has 1 saturated heterocycles. The molecule has 3 aromatic rings. The molecule has 138 valence electrons. The third-order valence-corrected chi connectivity index (χ3v) is 4.91. The highest BCUT2D eigenvalue weighted by Crippen LogP contribution is 2.21. The van der Waals surface area contributed by atoms with Crippen molar-refractivity contribution < 1.29 is 18.4 Å². The molecule has 0 N–H and O–H groups in total. The van der Waals surface area contributed by atoms with Crippen molar-refractivity contribution in [3.8, 4) is 0 Å². The molecule has 4 rings (SSSR count). The molecule has 2 aromatic carbocycles. The zero-order valence-corrected chi connectivity index (χ0v) is 14.9. The molecule has 1 aliphatic rings. The number of halogens is 1. The Kier molecular flexibility index (Phi) is 4.39. The van der Waals surface area contributed by atoms with E-state index in [2.05, 4.69) is 0 Å². The minimum Gasteiger partial charge on any atom is -0.451 e. The third kappa shape index (κ3) is 3.30. The van der Waals surface area contributed by atoms with Crippen LogP contribution in [0.15, 0.2) is 52.9 Å². The van der Waals surface area contributed by atoms with E-state index < -0.39 is 0 Å². The Balaban J connectivity index is 1.42. The summed E-state index contributed by atoms with van der Waals surface area (Å²) in [4.78, 5) is 28.6. The van der Waals surface area contributed by atoms with Crippen LogP contribution in [-0.2, 0) is 0 Å². The van der Waals surface area contributed by atoms with Crippen LogP contribution in [0, 0.1) is 12.7 Å². The summed E-state index contributed by atoms with van der Waals surface area (Å²) in [6.45, 7) is 3.29. The first-order valence-corrected chi connectivity index (χ1v) is 8.86. The highest BCUT2D eigenvalue weighted by Gasteiger charge is 2.27. The average molecular weight is 366 g/mol. The Bertz CT molecular complexity index is 986. The molecule has 0 spiro atoms. The van der Waals surface area contributed by atoms with Crippen LogP contribution in [0.4, 0.5) is 4.39 Å². The maximum absolute atomic E-state index is 13.7. The van der Waals surface area contributed by atoms with E-state index in [4.69, 9.17) is 4.42 Å². The number of hydrogen-bond donors (Lipinski definition) is 0. The Hall–Kier alpha value is -3.15. The van der Waals surface area contributed by atoms with E-state index in [1.54, 1.807) is 34.9 Å². The van der Waals surface area contributed by atoms with Crippen molar-refractivity contribution in [3.63, 3.8) is 0 Å². The number of rotatable bonds is 2. The van der Waals surface area contributed by atoms with Gasteiger partial charge in [0.15, 0.2) is 5.76 Å². The Labute approximate surface area is 156 Å². The smallest absolute Gasteiger partial charge is 0.289 e. The number of carbonyl (C=O) groups excluding carboxylic acids is 2. The van der Waals surface area contributed by atoms with Gasteiger partial charge in [-0.2, -0.15) is 0 Å². The maximum atomic E-state index is 13.7. The normalized spacial score (nSPS) is 14.6. The summed E-state index contributed by atoms with van der Waals surface area (Å²) in [5.74, 6) is -0.486. The molecular formula is C21H19FN2O3. The van der Waals surface area contributed by atoms with Crippen molar-refractivity contribution >= 4 is 22.8 Å². The molecule has 1 aromatic heterocycles. The second-order valence-electron chi connectivity index (χ2n) is 6.70. The van der Waals surface area contributed by atoms with E-state index in [1.165, 1.54) is 6.07 Å². The van der Waals surface area contributed by atoms with Crippen molar-refractivity contribution in [3.05, 3.63) is 71.2 Å². The van der Waals surface area contributed by atoms with Gasteiger partial charge in [-0.05, 0) is 36.8 Å². The third-order valence-electron chi connectivity index (χ3n) is 4.91. The summed E-state index contributed by atoms with van der Waals surface area (Å²) < 4.78 is 19.4. The van der Waals surface area contributed by atoms with Crippen LogP contribution in [0.2, 0.25) is 0 Å². The van der Waals surface area contributed by atoms with Gasteiger partial charge in [0, 0.05) is 37.1 Å². The van der Waals surface area contributed by atoms with E-state index in [1.807, 2.05) is 24.3 Å². The maximum Gasteiger partial charge on any atom is 0.289 e. The van der Waals surface area contributed by atoms with E-state index in [-0.39, 0.29) is 17.6 Å². The van der Waals surface area contributed by atoms with E-state index in [0.717, 1.165) is 5.39 Å². The number of fused-ring (bicyclic) bond motifs is 1. The molecule has 2 heterocycles. The standard InChI is InChI=1S/C21H19FN2O3/c1-14-6-7-16(12-17(14)22)20(25)23-8-10-24(11-9-23)21(26)19-13-15-4-2-3-5-18(15)27-19/h2-7,12-13H,8-11H2,1H3. The molecule has 1 aliphatic heterocycles. The quantitative estimate of drug-likeness (QED) is 0.698. The number of para-hydroxylation sites is 1. The summed E-state index contributed by atoms with van der Waals surface area (Å²) in [5.41, 5.74) is 1.51. The summed E-state index contributed by atoms with van der Waals surface area (Å²) in [6, 6.07) is 13.7. The zero-order chi connectivity index (χ0) is 19.0. The first-order chi connectivity index (χ1) is 13.0. The molecule has 0 radical (unpaired) electrons. The van der Waals surface area contributed by atoms with Crippen LogP contribution in [0.5, 0.6) is 0 Å². The lowest BCUT2D eigenvalue weighted by atomic mass is 10.1. The van der Waals surface area contributed by atoms with Gasteiger partial charge in [-0.25, -0.2) is 4.39 Å². The van der Waals surface area contributed by atoms with E-state index in [9.17, 15) is 14.0 Å². The number of benzene rings is 2. The minimum absolute atomic E-state index is 0.181. The topological polar surface area (TPSA) is 53.8 Å². The lowest BCUT2D eigenvalue weighted by Crippen LogP contribution is -2.50. The van der Waals surface area contributed by atoms with Crippen molar-refractivity contribution in [2.45, 2.75) is 6.92 Å². The molecule has 1 fully saturated rings. The lowest BCUT2D eigenvalue weighted by molar-refractivity contribution is 0.0519.